The van der Waals surface area contributed by atoms with Crippen LogP contribution >= 0.6 is 0 Å². The lowest BCUT2D eigenvalue weighted by Crippen LogP contribution is -2.64. The van der Waals surface area contributed by atoms with Crippen LogP contribution < -0.4 is 21.3 Å². The van der Waals surface area contributed by atoms with E-state index in [4.69, 9.17) is 0 Å². The standard InChI is InChI=1S/C36H60N6O7S/c1-8-41(7)50(48,49)21-36(18-10-9-11-19-36)40-33(47)39-29(34(2,3)4)32(46)42-20-24-26(35(24,5)6)27(42)30(44)38-25(17-14-22-12-13-22)28(43)31(45)37-23-15-16-23/h22-27,29H,8-21H2,1-7H3,(H,37,45)(H,38,44)(H2,39,40,47)/t24-,25-,26-,27-,29+/m0/s1. The van der Waals surface area contributed by atoms with Gasteiger partial charge in [0.15, 0.2) is 0 Å². The summed E-state index contributed by atoms with van der Waals surface area (Å²) in [5.41, 5.74) is -1.91. The van der Waals surface area contributed by atoms with Gasteiger partial charge in [0.2, 0.25) is 27.6 Å². The van der Waals surface area contributed by atoms with Crippen molar-refractivity contribution in [2.24, 2.45) is 28.6 Å². The van der Waals surface area contributed by atoms with Crippen molar-refractivity contribution in [2.45, 2.75) is 142 Å². The zero-order chi connectivity index (χ0) is 36.8. The second-order valence-electron chi connectivity index (χ2n) is 17.5. The molecule has 0 radical (unpaired) electrons. The number of piperidine rings is 1. The molecule has 5 aliphatic rings. The first kappa shape index (κ1) is 38.5. The van der Waals surface area contributed by atoms with Gasteiger partial charge < -0.3 is 26.2 Å². The third-order valence-corrected chi connectivity index (χ3v) is 14.2. The Labute approximate surface area is 298 Å². The van der Waals surface area contributed by atoms with Crippen molar-refractivity contribution in [2.75, 3.05) is 25.9 Å². The van der Waals surface area contributed by atoms with Crippen LogP contribution in [-0.2, 0) is 29.2 Å². The summed E-state index contributed by atoms with van der Waals surface area (Å²) in [5, 5.41) is 11.5. The molecule has 5 amide bonds. The average Bonchev–Trinajstić information content (AvgIpc) is 3.99. The highest BCUT2D eigenvalue weighted by molar-refractivity contribution is 7.89. The Morgan fingerprint density at radius 1 is 0.960 bits per heavy atom. The van der Waals surface area contributed by atoms with Crippen molar-refractivity contribution in [3.63, 3.8) is 0 Å². The smallest absolute Gasteiger partial charge is 0.315 e. The quantitative estimate of drug-likeness (QED) is 0.188. The van der Waals surface area contributed by atoms with E-state index in [0.717, 1.165) is 51.4 Å². The van der Waals surface area contributed by atoms with Gasteiger partial charge >= 0.3 is 6.03 Å². The fourth-order valence-electron chi connectivity index (χ4n) is 8.20. The number of hydrogen-bond donors (Lipinski definition) is 4. The second-order valence-corrected chi connectivity index (χ2v) is 19.6. The number of urea groups is 1. The highest BCUT2D eigenvalue weighted by Crippen LogP contribution is 2.65. The van der Waals surface area contributed by atoms with E-state index >= 15 is 0 Å². The molecule has 5 fully saturated rings. The van der Waals surface area contributed by atoms with Crippen LogP contribution in [-0.4, -0.2) is 103 Å². The van der Waals surface area contributed by atoms with Gasteiger partial charge in [0, 0.05) is 26.2 Å². The number of nitrogens with one attached hydrogen (secondary N) is 4. The van der Waals surface area contributed by atoms with Crippen LogP contribution in [0.15, 0.2) is 0 Å². The largest absolute Gasteiger partial charge is 0.347 e. The lowest BCUT2D eigenvalue weighted by Gasteiger charge is -2.41. The van der Waals surface area contributed by atoms with Crippen molar-refractivity contribution < 1.29 is 32.4 Å². The van der Waals surface area contributed by atoms with E-state index in [-0.39, 0.29) is 29.0 Å². The number of Topliss-reactive ketones (excluding diaryl/α,β-unsaturated/α-hetero) is 1. The molecule has 0 unspecified atom stereocenters. The number of carbonyl (C=O) groups excluding carboxylic acids is 5. The van der Waals surface area contributed by atoms with Crippen molar-refractivity contribution in [3.05, 3.63) is 0 Å². The van der Waals surface area contributed by atoms with E-state index in [2.05, 4.69) is 35.1 Å². The van der Waals surface area contributed by atoms with Crippen molar-refractivity contribution in [3.8, 4) is 0 Å². The van der Waals surface area contributed by atoms with E-state index < -0.39 is 68.6 Å². The van der Waals surface area contributed by atoms with Gasteiger partial charge in [-0.1, -0.05) is 73.6 Å². The molecule has 0 spiro atoms. The fourth-order valence-corrected chi connectivity index (χ4v) is 9.88. The molecule has 0 bridgehead atoms. The van der Waals surface area contributed by atoms with E-state index in [9.17, 15) is 32.4 Å². The summed E-state index contributed by atoms with van der Waals surface area (Å²) >= 11 is 0. The Bertz CT molecular complexity index is 1440. The Kier molecular flexibility index (Phi) is 11.0. The molecule has 0 aromatic rings. The maximum atomic E-state index is 14.5. The molecule has 5 rings (SSSR count). The first-order valence-electron chi connectivity index (χ1n) is 18.8. The normalized spacial score (nSPS) is 26.7. The number of nitrogens with zero attached hydrogens (tertiary/aromatic N) is 2. The first-order chi connectivity index (χ1) is 23.3. The number of fused-ring (bicyclic) bond motifs is 1. The average molecular weight is 721 g/mol. The lowest BCUT2D eigenvalue weighted by atomic mass is 9.83. The number of likely N-dealkylation sites (tertiary alicyclic amines) is 1. The third kappa shape index (κ3) is 8.65. The van der Waals surface area contributed by atoms with Crippen molar-refractivity contribution in [1.82, 2.24) is 30.5 Å². The van der Waals surface area contributed by atoms with E-state index in [1.165, 1.54) is 11.4 Å². The monoisotopic (exact) mass is 720 g/mol. The molecule has 1 heterocycles. The molecule has 4 aliphatic carbocycles. The minimum absolute atomic E-state index is 0.0105. The van der Waals surface area contributed by atoms with Gasteiger partial charge in [0.05, 0.1) is 17.3 Å². The predicted molar refractivity (Wildman–Crippen MR) is 189 cm³/mol. The van der Waals surface area contributed by atoms with Crippen LogP contribution in [0.1, 0.15) is 112 Å². The van der Waals surface area contributed by atoms with Crippen LogP contribution in [0.4, 0.5) is 4.79 Å². The van der Waals surface area contributed by atoms with Gasteiger partial charge in [-0.15, -0.1) is 0 Å². The Hall–Kier alpha value is -2.74. The Balaban J connectivity index is 1.33. The number of rotatable bonds is 15. The minimum Gasteiger partial charge on any atom is -0.347 e. The molecule has 0 aromatic carbocycles. The molecule has 1 saturated heterocycles. The van der Waals surface area contributed by atoms with Gasteiger partial charge in [0.1, 0.15) is 12.1 Å². The highest BCUT2D eigenvalue weighted by atomic mass is 32.2. The highest BCUT2D eigenvalue weighted by Gasteiger charge is 2.70. The third-order valence-electron chi connectivity index (χ3n) is 12.0. The summed E-state index contributed by atoms with van der Waals surface area (Å²) in [6, 6.07) is -3.47. The zero-order valence-electron chi connectivity index (χ0n) is 31.1. The second kappa shape index (κ2) is 14.4. The van der Waals surface area contributed by atoms with E-state index in [0.29, 0.717) is 38.3 Å². The van der Waals surface area contributed by atoms with Crippen molar-refractivity contribution in [1.29, 1.82) is 0 Å². The van der Waals surface area contributed by atoms with Gasteiger partial charge in [-0.25, -0.2) is 17.5 Å². The van der Waals surface area contributed by atoms with Crippen LogP contribution in [0, 0.1) is 28.6 Å². The molecule has 5 atom stereocenters. The number of amides is 5. The zero-order valence-corrected chi connectivity index (χ0v) is 31.9. The molecule has 50 heavy (non-hydrogen) atoms. The molecular formula is C36H60N6O7S. The maximum absolute atomic E-state index is 14.5. The SMILES string of the molecule is CCN(C)S(=O)(=O)CC1(NC(=O)N[C@H](C(=O)N2C[C@H]3[C@@H]([C@H]2C(=O)N[C@@H](CCC2CC2)C(=O)C(=O)NC2CC2)C3(C)C)C(C)(C)C)CCCCC1. The molecule has 4 saturated carbocycles. The van der Waals surface area contributed by atoms with Crippen LogP contribution in [0.5, 0.6) is 0 Å². The minimum atomic E-state index is -3.64. The maximum Gasteiger partial charge on any atom is 0.315 e. The fraction of sp³-hybridized carbons (Fsp3) is 0.861. The summed E-state index contributed by atoms with van der Waals surface area (Å²) in [4.78, 5) is 70.1. The first-order valence-corrected chi connectivity index (χ1v) is 20.4. The van der Waals surface area contributed by atoms with E-state index in [1.54, 1.807) is 11.8 Å². The number of carbonyl (C=O) groups is 5. The Morgan fingerprint density at radius 2 is 1.60 bits per heavy atom. The lowest BCUT2D eigenvalue weighted by molar-refractivity contribution is -0.145. The Morgan fingerprint density at radius 3 is 2.16 bits per heavy atom. The van der Waals surface area contributed by atoms with Crippen molar-refractivity contribution >= 4 is 39.6 Å². The molecule has 14 heteroatoms. The van der Waals surface area contributed by atoms with Crippen LogP contribution in [0.25, 0.3) is 0 Å². The predicted octanol–water partition coefficient (Wildman–Crippen LogP) is 2.69. The van der Waals surface area contributed by atoms with Gasteiger partial charge in [0.25, 0.3) is 5.91 Å². The number of sulfonamides is 1. The summed E-state index contributed by atoms with van der Waals surface area (Å²) in [5.74, 6) is -1.97. The van der Waals surface area contributed by atoms with Crippen LogP contribution in [0.2, 0.25) is 0 Å². The molecule has 1 aliphatic heterocycles. The molecule has 4 N–H and O–H groups in total. The topological polar surface area (TPSA) is 174 Å². The molecule has 13 nitrogen and oxygen atoms in total. The molecular weight excluding hydrogens is 660 g/mol. The summed E-state index contributed by atoms with van der Waals surface area (Å²) in [6.45, 7) is 12.1. The summed E-state index contributed by atoms with van der Waals surface area (Å²) < 4.78 is 27.6. The summed E-state index contributed by atoms with van der Waals surface area (Å²) in [7, 11) is -2.11. The molecule has 282 valence electrons. The van der Waals surface area contributed by atoms with Crippen LogP contribution in [0.3, 0.4) is 0 Å². The number of ketones is 1. The summed E-state index contributed by atoms with van der Waals surface area (Å²) in [6.07, 6.45) is 8.47. The van der Waals surface area contributed by atoms with Gasteiger partial charge in [-0.05, 0) is 67.1 Å². The van der Waals surface area contributed by atoms with Gasteiger partial charge in [-0.2, -0.15) is 0 Å². The molecule has 0 aromatic heterocycles. The number of hydrogen-bond acceptors (Lipinski definition) is 7. The van der Waals surface area contributed by atoms with E-state index in [1.807, 2.05) is 20.8 Å². The van der Waals surface area contributed by atoms with Gasteiger partial charge in [-0.3, -0.25) is 19.2 Å².